The smallest absolute Gasteiger partial charge is 0.236 e. The summed E-state index contributed by atoms with van der Waals surface area (Å²) in [5.41, 5.74) is -8.14. The summed E-state index contributed by atoms with van der Waals surface area (Å²) in [6, 6.07) is 0. The second-order valence-electron chi connectivity index (χ2n) is 4.40. The molecule has 0 saturated carbocycles. The van der Waals surface area contributed by atoms with Gasteiger partial charge in [-0.1, -0.05) is 0 Å². The molecule has 0 aromatic carbocycles. The van der Waals surface area contributed by atoms with E-state index in [1.165, 1.54) is 0 Å². The van der Waals surface area contributed by atoms with E-state index in [9.17, 15) is 61.3 Å². The molecule has 0 aliphatic rings. The number of hydrogen-bond donors (Lipinski definition) is 0. The van der Waals surface area contributed by atoms with E-state index in [1.807, 2.05) is 0 Å². The van der Waals surface area contributed by atoms with Gasteiger partial charge in [-0.05, 0) is 14.1 Å². The van der Waals surface area contributed by atoms with E-state index < -0.39 is 50.4 Å². The molecule has 146 valence electrons. The number of rotatable bonds is 4. The summed E-state index contributed by atoms with van der Waals surface area (Å²) < 4.78 is 177. The lowest BCUT2D eigenvalue weighted by Crippen LogP contribution is -2.74. The molecule has 0 aliphatic heterocycles. The lowest BCUT2D eigenvalue weighted by atomic mass is 9.78. The molecule has 16 heteroatoms. The van der Waals surface area contributed by atoms with Crippen LogP contribution in [0.2, 0.25) is 0 Å². The molecule has 0 rings (SSSR count). The van der Waals surface area contributed by atoms with Gasteiger partial charge in [0, 0.05) is 0 Å². The number of hydrogen-bond acceptors (Lipinski definition) is 1. The highest BCUT2D eigenvalue weighted by Crippen LogP contribution is 2.69. The highest BCUT2D eigenvalue weighted by molar-refractivity contribution is 7.83. The Labute approximate surface area is 127 Å². The van der Waals surface area contributed by atoms with Gasteiger partial charge < -0.3 is 0 Å². The topological polar surface area (TPSA) is 20.3 Å². The number of halogens is 13. The van der Waals surface area contributed by atoms with Crippen molar-refractivity contribution in [1.82, 2.24) is 4.31 Å². The summed E-state index contributed by atoms with van der Waals surface area (Å²) in [6.45, 7) is 0. The van der Waals surface area contributed by atoms with Crippen LogP contribution in [0, 0.1) is 5.41 Å². The maximum absolute atomic E-state index is 13.5. The predicted octanol–water partition coefficient (Wildman–Crippen LogP) is 4.11. The van der Waals surface area contributed by atoms with Crippen LogP contribution in [0.5, 0.6) is 0 Å². The average molecular weight is 411 g/mol. The molecule has 0 saturated heterocycles. The molecule has 0 amide bonds. The first-order valence-electron chi connectivity index (χ1n) is 5.15. The van der Waals surface area contributed by atoms with Crippen LogP contribution >= 0.6 is 0 Å². The second kappa shape index (κ2) is 5.88. The molecule has 0 heterocycles. The predicted molar refractivity (Wildman–Crippen MR) is 52.3 cm³/mol. The maximum atomic E-state index is 13.5. The fraction of sp³-hybridized carbons (Fsp3) is 1.00. The molecule has 0 aliphatic carbocycles. The third kappa shape index (κ3) is 2.94. The van der Waals surface area contributed by atoms with Crippen molar-refractivity contribution in [2.24, 2.45) is 5.41 Å². The molecule has 0 spiro atoms. The van der Waals surface area contributed by atoms with Crippen LogP contribution in [0.4, 0.5) is 57.1 Å². The summed E-state index contributed by atoms with van der Waals surface area (Å²) in [5, 5.41) is -6.86. The van der Waals surface area contributed by atoms with Gasteiger partial charge in [0.25, 0.3) is 0 Å². The van der Waals surface area contributed by atoms with E-state index in [4.69, 9.17) is 0 Å². The average Bonchev–Trinajstić information content (AvgIpc) is 2.20. The first kappa shape index (κ1) is 23.2. The molecule has 1 atom stereocenters. The Balaban J connectivity index is 7.07. The Kier molecular flexibility index (Phi) is 5.68. The van der Waals surface area contributed by atoms with Crippen LogP contribution in [0.25, 0.3) is 0 Å². The van der Waals surface area contributed by atoms with Crippen LogP contribution < -0.4 is 0 Å². The zero-order valence-corrected chi connectivity index (χ0v) is 12.0. The van der Waals surface area contributed by atoms with Crippen molar-refractivity contribution in [2.75, 3.05) is 14.1 Å². The van der Waals surface area contributed by atoms with Gasteiger partial charge in [0.05, 0.1) is 0 Å². The van der Waals surface area contributed by atoms with Gasteiger partial charge in [-0.15, -0.1) is 0 Å². The van der Waals surface area contributed by atoms with E-state index in [1.54, 1.807) is 0 Å². The first-order valence-corrected chi connectivity index (χ1v) is 6.26. The lowest BCUT2D eigenvalue weighted by Gasteiger charge is -2.45. The highest BCUT2D eigenvalue weighted by atomic mass is 32.2. The van der Waals surface area contributed by atoms with Crippen molar-refractivity contribution in [2.45, 2.75) is 29.7 Å². The van der Waals surface area contributed by atoms with Gasteiger partial charge >= 0.3 is 35.1 Å². The van der Waals surface area contributed by atoms with Gasteiger partial charge in [-0.2, -0.15) is 57.1 Å². The van der Waals surface area contributed by atoms with Gasteiger partial charge in [-0.3, -0.25) is 0 Å². The monoisotopic (exact) mass is 411 g/mol. The molecular weight excluding hydrogens is 405 g/mol. The molecule has 1 unspecified atom stereocenters. The third-order valence-corrected chi connectivity index (χ3v) is 4.02. The fourth-order valence-corrected chi connectivity index (χ4v) is 2.40. The molecule has 0 aromatic rings. The normalized spacial score (nSPS) is 17.3. The standard InChI is InChI=1S/C8H6F13NOS/c1-22(2)24(23)8(20,21)4(9,10)3(5(11,12)13,6(14,15)16)7(17,18)19/h1-2H3. The zero-order valence-electron chi connectivity index (χ0n) is 11.2. The lowest BCUT2D eigenvalue weighted by molar-refractivity contribution is -0.489. The minimum absolute atomic E-state index is 0.260. The minimum atomic E-state index is -8.14. The summed E-state index contributed by atoms with van der Waals surface area (Å²) >= 11 is 0. The highest BCUT2D eigenvalue weighted by Gasteiger charge is 2.98. The Bertz CT molecular complexity index is 452. The van der Waals surface area contributed by atoms with Crippen LogP contribution in [0.1, 0.15) is 0 Å². The van der Waals surface area contributed by atoms with Crippen molar-refractivity contribution in [3.05, 3.63) is 0 Å². The number of nitrogens with zero attached hydrogens (tertiary/aromatic N) is 1. The van der Waals surface area contributed by atoms with Crippen molar-refractivity contribution >= 4 is 11.0 Å². The second-order valence-corrected chi connectivity index (χ2v) is 6.14. The van der Waals surface area contributed by atoms with E-state index in [2.05, 4.69) is 0 Å². The molecule has 0 aromatic heterocycles. The SMILES string of the molecule is CN(C)S(=O)C(F)(F)C(F)(F)C(C(F)(F)F)(C(F)(F)F)C(F)(F)F. The Morgan fingerprint density at radius 3 is 1.04 bits per heavy atom. The van der Waals surface area contributed by atoms with Crippen LogP contribution in [0.3, 0.4) is 0 Å². The van der Waals surface area contributed by atoms with E-state index >= 15 is 0 Å². The van der Waals surface area contributed by atoms with E-state index in [-0.39, 0.29) is 14.1 Å². The zero-order chi connectivity index (χ0) is 20.2. The minimum Gasteiger partial charge on any atom is -0.236 e. The van der Waals surface area contributed by atoms with E-state index in [0.29, 0.717) is 0 Å². The summed E-state index contributed by atoms with van der Waals surface area (Å²) in [5.74, 6) is -7.89. The number of alkyl halides is 13. The van der Waals surface area contributed by atoms with Crippen molar-refractivity contribution in [1.29, 1.82) is 0 Å². The molecule has 0 bridgehead atoms. The van der Waals surface area contributed by atoms with Crippen molar-refractivity contribution in [3.63, 3.8) is 0 Å². The fourth-order valence-electron chi connectivity index (χ4n) is 1.57. The van der Waals surface area contributed by atoms with Crippen molar-refractivity contribution in [3.8, 4) is 0 Å². The van der Waals surface area contributed by atoms with Crippen molar-refractivity contribution < 1.29 is 61.3 Å². The molecule has 0 N–H and O–H groups in total. The van der Waals surface area contributed by atoms with Gasteiger partial charge in [0.1, 0.15) is 0 Å². The molecule has 0 radical (unpaired) electrons. The summed E-state index contributed by atoms with van der Waals surface area (Å²) in [7, 11) is -4.13. The molecular formula is C8H6F13NOS. The van der Waals surface area contributed by atoms with Crippen LogP contribution in [-0.4, -0.2) is 52.3 Å². The first-order chi connectivity index (χ1) is 10.1. The van der Waals surface area contributed by atoms with Gasteiger partial charge in [-0.25, -0.2) is 8.51 Å². The molecule has 2 nitrogen and oxygen atoms in total. The van der Waals surface area contributed by atoms with E-state index in [0.717, 1.165) is 0 Å². The summed E-state index contributed by atoms with van der Waals surface area (Å²) in [4.78, 5) is 0. The third-order valence-electron chi connectivity index (χ3n) is 2.66. The Morgan fingerprint density at radius 2 is 0.875 bits per heavy atom. The Morgan fingerprint density at radius 1 is 0.625 bits per heavy atom. The Hall–Kier alpha value is -0.800. The van der Waals surface area contributed by atoms with Crippen LogP contribution in [-0.2, 0) is 11.0 Å². The maximum Gasteiger partial charge on any atom is 0.418 e. The van der Waals surface area contributed by atoms with Gasteiger partial charge in [0.2, 0.25) is 0 Å². The van der Waals surface area contributed by atoms with Gasteiger partial charge in [0.15, 0.2) is 11.0 Å². The molecule has 0 fully saturated rings. The molecule has 24 heavy (non-hydrogen) atoms. The van der Waals surface area contributed by atoms with Crippen LogP contribution in [0.15, 0.2) is 0 Å². The quantitative estimate of drug-likeness (QED) is 0.638. The largest absolute Gasteiger partial charge is 0.418 e. The summed E-state index contributed by atoms with van der Waals surface area (Å²) in [6.07, 6.45) is -23.8.